The van der Waals surface area contributed by atoms with E-state index in [-0.39, 0.29) is 30.7 Å². The third-order valence-corrected chi connectivity index (χ3v) is 5.52. The molecule has 0 spiro atoms. The summed E-state index contributed by atoms with van der Waals surface area (Å²) in [5, 5.41) is 3.26. The number of fused-ring (bicyclic) bond motifs is 3. The van der Waals surface area contributed by atoms with Gasteiger partial charge in [0.15, 0.2) is 11.3 Å². The Hall–Kier alpha value is -3.79. The average molecular weight is 420 g/mol. The van der Waals surface area contributed by atoms with Crippen molar-refractivity contribution < 1.29 is 23.1 Å². The minimum absolute atomic E-state index is 0.106. The Balaban J connectivity index is 1.70. The van der Waals surface area contributed by atoms with E-state index in [9.17, 15) is 14.0 Å². The number of furan rings is 1. The van der Waals surface area contributed by atoms with Crippen molar-refractivity contribution in [3.63, 3.8) is 0 Å². The Morgan fingerprint density at radius 3 is 2.77 bits per heavy atom. The molecule has 1 aliphatic rings. The summed E-state index contributed by atoms with van der Waals surface area (Å²) < 4.78 is 25.3. The highest BCUT2D eigenvalue weighted by atomic mass is 19.1. The first-order chi connectivity index (χ1) is 14.8. The first-order valence-corrected chi connectivity index (χ1v) is 9.81. The molecule has 2 amide bonds. The number of ether oxygens (including phenoxy) is 1. The van der Waals surface area contributed by atoms with Gasteiger partial charge in [-0.25, -0.2) is 4.39 Å². The van der Waals surface area contributed by atoms with Crippen molar-refractivity contribution in [1.82, 2.24) is 10.2 Å². The van der Waals surface area contributed by atoms with Gasteiger partial charge in [-0.15, -0.1) is 6.42 Å². The van der Waals surface area contributed by atoms with Crippen LogP contribution in [0.3, 0.4) is 0 Å². The SMILES string of the molecule is C#CCN1C(=O)c2oc3ccc(F)cc3c2OCC1(C)C(=O)N[C@@H](C)c1ccccc1. The maximum absolute atomic E-state index is 13.8. The Bertz CT molecular complexity index is 1200. The molecule has 7 heteroatoms. The fourth-order valence-corrected chi connectivity index (χ4v) is 3.67. The summed E-state index contributed by atoms with van der Waals surface area (Å²) in [7, 11) is 0. The number of carbonyl (C=O) groups excluding carboxylic acids is 2. The summed E-state index contributed by atoms with van der Waals surface area (Å²) in [6.07, 6.45) is 5.50. The molecule has 3 aromatic rings. The third kappa shape index (κ3) is 3.50. The molecule has 0 fully saturated rings. The lowest BCUT2D eigenvalue weighted by atomic mass is 9.98. The molecule has 0 bridgehead atoms. The number of rotatable bonds is 4. The van der Waals surface area contributed by atoms with Gasteiger partial charge < -0.3 is 19.4 Å². The Kier molecular flexibility index (Phi) is 5.15. The Morgan fingerprint density at radius 2 is 2.06 bits per heavy atom. The number of benzene rings is 2. The van der Waals surface area contributed by atoms with Crippen LogP contribution in [0.5, 0.6) is 5.75 Å². The van der Waals surface area contributed by atoms with E-state index in [4.69, 9.17) is 15.6 Å². The predicted octanol–water partition coefficient (Wildman–Crippen LogP) is 3.68. The molecule has 1 N–H and O–H groups in total. The van der Waals surface area contributed by atoms with Crippen LogP contribution in [-0.2, 0) is 4.79 Å². The van der Waals surface area contributed by atoms with Gasteiger partial charge in [0.25, 0.3) is 5.91 Å². The maximum Gasteiger partial charge on any atom is 0.295 e. The second-order valence-electron chi connectivity index (χ2n) is 7.66. The van der Waals surface area contributed by atoms with E-state index in [0.29, 0.717) is 11.0 Å². The Labute approximate surface area is 179 Å². The number of hydrogen-bond acceptors (Lipinski definition) is 4. The van der Waals surface area contributed by atoms with Crippen LogP contribution in [-0.4, -0.2) is 35.4 Å². The minimum Gasteiger partial charge on any atom is -0.486 e. The molecule has 0 saturated heterocycles. The number of carbonyl (C=O) groups is 2. The number of nitrogens with one attached hydrogen (secondary N) is 1. The van der Waals surface area contributed by atoms with E-state index >= 15 is 0 Å². The van der Waals surface area contributed by atoms with Crippen LogP contribution in [0.1, 0.15) is 36.0 Å². The molecule has 1 aromatic heterocycles. The van der Waals surface area contributed by atoms with Crippen molar-refractivity contribution in [2.75, 3.05) is 13.2 Å². The molecule has 4 rings (SSSR count). The standard InChI is InChI=1S/C24H21FN2O4/c1-4-12-27-22(28)21-20(18-13-17(25)10-11-19(18)31-21)30-14-24(27,3)23(29)26-15(2)16-8-6-5-7-9-16/h1,5-11,13,15H,12,14H2,2-3H3,(H,26,29)/t15-,24?/m0/s1. The van der Waals surface area contributed by atoms with Gasteiger partial charge >= 0.3 is 0 Å². The quantitative estimate of drug-likeness (QED) is 0.654. The van der Waals surface area contributed by atoms with Gasteiger partial charge in [-0.05, 0) is 37.6 Å². The maximum atomic E-state index is 13.8. The van der Waals surface area contributed by atoms with Crippen LogP contribution in [0.2, 0.25) is 0 Å². The topological polar surface area (TPSA) is 71.8 Å². The smallest absolute Gasteiger partial charge is 0.295 e. The van der Waals surface area contributed by atoms with E-state index in [1.807, 2.05) is 37.3 Å². The van der Waals surface area contributed by atoms with Gasteiger partial charge in [-0.3, -0.25) is 9.59 Å². The van der Waals surface area contributed by atoms with Crippen molar-refractivity contribution >= 4 is 22.8 Å². The Morgan fingerprint density at radius 1 is 1.32 bits per heavy atom. The van der Waals surface area contributed by atoms with Crippen molar-refractivity contribution in [2.45, 2.75) is 25.4 Å². The number of hydrogen-bond donors (Lipinski definition) is 1. The fraction of sp³-hybridized carbons (Fsp3) is 0.250. The van der Waals surface area contributed by atoms with Crippen LogP contribution in [0.25, 0.3) is 11.0 Å². The number of terminal acetylenes is 1. The first-order valence-electron chi connectivity index (χ1n) is 9.81. The van der Waals surface area contributed by atoms with Crippen LogP contribution in [0, 0.1) is 18.2 Å². The van der Waals surface area contributed by atoms with Crippen LogP contribution in [0.4, 0.5) is 4.39 Å². The monoisotopic (exact) mass is 420 g/mol. The first kappa shape index (κ1) is 20.5. The molecular weight excluding hydrogens is 399 g/mol. The molecule has 0 aliphatic carbocycles. The average Bonchev–Trinajstić information content (AvgIpc) is 3.08. The zero-order valence-electron chi connectivity index (χ0n) is 17.1. The molecule has 6 nitrogen and oxygen atoms in total. The zero-order chi connectivity index (χ0) is 22.2. The fourth-order valence-electron chi connectivity index (χ4n) is 3.67. The lowest BCUT2D eigenvalue weighted by molar-refractivity contribution is -0.133. The summed E-state index contributed by atoms with van der Waals surface area (Å²) in [5.41, 5.74) is -0.184. The zero-order valence-corrected chi connectivity index (χ0v) is 17.1. The molecule has 2 aromatic carbocycles. The molecule has 158 valence electrons. The van der Waals surface area contributed by atoms with Gasteiger partial charge in [-0.1, -0.05) is 36.3 Å². The van der Waals surface area contributed by atoms with E-state index in [1.54, 1.807) is 6.92 Å². The highest BCUT2D eigenvalue weighted by molar-refractivity contribution is 6.04. The molecule has 1 aliphatic heterocycles. The molecule has 2 atom stereocenters. The van der Waals surface area contributed by atoms with Gasteiger partial charge in [0.2, 0.25) is 11.7 Å². The van der Waals surface area contributed by atoms with E-state index in [0.717, 1.165) is 5.56 Å². The van der Waals surface area contributed by atoms with Gasteiger partial charge in [0.05, 0.1) is 18.0 Å². The number of halogens is 1. The molecular formula is C24H21FN2O4. The second-order valence-corrected chi connectivity index (χ2v) is 7.66. The molecule has 0 radical (unpaired) electrons. The normalized spacial score (nSPS) is 19.2. The second kappa shape index (κ2) is 7.80. The van der Waals surface area contributed by atoms with Crippen molar-refractivity contribution in [1.29, 1.82) is 0 Å². The third-order valence-electron chi connectivity index (χ3n) is 5.52. The number of nitrogens with zero attached hydrogens (tertiary/aromatic N) is 1. The van der Waals surface area contributed by atoms with Crippen molar-refractivity contribution in [3.05, 3.63) is 65.7 Å². The van der Waals surface area contributed by atoms with E-state index in [1.165, 1.54) is 23.1 Å². The van der Waals surface area contributed by atoms with Crippen LogP contribution >= 0.6 is 0 Å². The molecule has 31 heavy (non-hydrogen) atoms. The molecule has 2 heterocycles. The van der Waals surface area contributed by atoms with Gasteiger partial charge in [-0.2, -0.15) is 0 Å². The highest BCUT2D eigenvalue weighted by Gasteiger charge is 2.48. The minimum atomic E-state index is -1.41. The summed E-state index contributed by atoms with van der Waals surface area (Å²) in [4.78, 5) is 27.9. The van der Waals surface area contributed by atoms with Crippen molar-refractivity contribution in [2.24, 2.45) is 0 Å². The summed E-state index contributed by atoms with van der Waals surface area (Å²) in [5.74, 6) is 0.925. The molecule has 1 unspecified atom stereocenters. The summed E-state index contributed by atoms with van der Waals surface area (Å²) >= 11 is 0. The largest absolute Gasteiger partial charge is 0.486 e. The van der Waals surface area contributed by atoms with Crippen LogP contribution in [0.15, 0.2) is 52.9 Å². The van der Waals surface area contributed by atoms with Crippen molar-refractivity contribution in [3.8, 4) is 18.1 Å². The molecule has 0 saturated carbocycles. The predicted molar refractivity (Wildman–Crippen MR) is 113 cm³/mol. The lowest BCUT2D eigenvalue weighted by Gasteiger charge is -2.37. The lowest BCUT2D eigenvalue weighted by Crippen LogP contribution is -2.61. The highest BCUT2D eigenvalue weighted by Crippen LogP contribution is 2.38. The van der Waals surface area contributed by atoms with E-state index < -0.39 is 23.2 Å². The van der Waals surface area contributed by atoms with Gasteiger partial charge in [0, 0.05) is 0 Å². The number of amides is 2. The van der Waals surface area contributed by atoms with Gasteiger partial charge in [0.1, 0.15) is 18.0 Å². The summed E-state index contributed by atoms with van der Waals surface area (Å²) in [6.45, 7) is 3.13. The summed E-state index contributed by atoms with van der Waals surface area (Å²) in [6, 6.07) is 13.0. The van der Waals surface area contributed by atoms with E-state index in [2.05, 4.69) is 11.2 Å². The van der Waals surface area contributed by atoms with Crippen LogP contribution < -0.4 is 10.1 Å².